The molecule has 1 atom stereocenters. The fourth-order valence-corrected chi connectivity index (χ4v) is 3.45. The van der Waals surface area contributed by atoms with E-state index >= 15 is 0 Å². The van der Waals surface area contributed by atoms with Gasteiger partial charge < -0.3 is 15.4 Å². The summed E-state index contributed by atoms with van der Waals surface area (Å²) in [6.07, 6.45) is 8.82. The highest BCUT2D eigenvalue weighted by molar-refractivity contribution is 5.31. The molecule has 1 saturated heterocycles. The van der Waals surface area contributed by atoms with E-state index < -0.39 is 0 Å². The second kappa shape index (κ2) is 9.15. The summed E-state index contributed by atoms with van der Waals surface area (Å²) >= 11 is 0. The van der Waals surface area contributed by atoms with Gasteiger partial charge in [-0.25, -0.2) is 0 Å². The third-order valence-electron chi connectivity index (χ3n) is 4.77. The van der Waals surface area contributed by atoms with Gasteiger partial charge in [0.25, 0.3) is 0 Å². The summed E-state index contributed by atoms with van der Waals surface area (Å²) < 4.78 is 5.85. The summed E-state index contributed by atoms with van der Waals surface area (Å²) in [4.78, 5) is 2.50. The molecule has 2 fully saturated rings. The topological polar surface area (TPSA) is 62.3 Å². The van der Waals surface area contributed by atoms with Crippen molar-refractivity contribution in [3.8, 4) is 0 Å². The normalized spacial score (nSPS) is 23.7. The molecule has 2 heterocycles. The first-order valence-electron chi connectivity index (χ1n) is 8.99. The Morgan fingerprint density at radius 3 is 3.00 bits per heavy atom. The minimum atomic E-state index is 0.223. The number of morpholine rings is 1. The third kappa shape index (κ3) is 5.71. The van der Waals surface area contributed by atoms with Gasteiger partial charge in [-0.2, -0.15) is 5.10 Å². The number of hydrogen-bond donors (Lipinski definition) is 2. The molecule has 1 aliphatic heterocycles. The zero-order chi connectivity index (χ0) is 15.7. The lowest BCUT2D eigenvalue weighted by Crippen LogP contribution is -2.48. The fraction of sp³-hybridized carbons (Fsp3) is 0.765. The Kier molecular flexibility index (Phi) is 6.61. The van der Waals surface area contributed by atoms with Crippen LogP contribution in [0, 0.1) is 0 Å². The van der Waals surface area contributed by atoms with E-state index in [-0.39, 0.29) is 6.10 Å². The summed E-state index contributed by atoms with van der Waals surface area (Å²) in [5.74, 6) is 0.812. The molecule has 128 valence electrons. The summed E-state index contributed by atoms with van der Waals surface area (Å²) in [7, 11) is 0. The minimum Gasteiger partial charge on any atom is -0.374 e. The Morgan fingerprint density at radius 2 is 2.17 bits per heavy atom. The highest BCUT2D eigenvalue weighted by atomic mass is 16.5. The van der Waals surface area contributed by atoms with Crippen LogP contribution in [0.4, 0.5) is 5.82 Å². The average molecular weight is 319 g/mol. The first-order valence-corrected chi connectivity index (χ1v) is 8.99. The number of rotatable bonds is 7. The van der Waals surface area contributed by atoms with Crippen molar-refractivity contribution in [1.82, 2.24) is 20.4 Å². The highest BCUT2D eigenvalue weighted by Crippen LogP contribution is 2.17. The van der Waals surface area contributed by atoms with Crippen LogP contribution in [0.25, 0.3) is 0 Å². The second-order valence-corrected chi connectivity index (χ2v) is 6.57. The van der Waals surface area contributed by atoms with E-state index in [1.54, 1.807) is 6.20 Å². The van der Waals surface area contributed by atoms with Crippen molar-refractivity contribution in [1.29, 1.82) is 0 Å². The molecule has 23 heavy (non-hydrogen) atoms. The van der Waals surface area contributed by atoms with Crippen LogP contribution in [0.2, 0.25) is 0 Å². The predicted octanol–water partition coefficient (Wildman–Crippen LogP) is 1.51. The van der Waals surface area contributed by atoms with Gasteiger partial charge >= 0.3 is 0 Å². The Hall–Kier alpha value is -1.24. The lowest BCUT2D eigenvalue weighted by Gasteiger charge is -2.33. The largest absolute Gasteiger partial charge is 0.374 e. The van der Waals surface area contributed by atoms with E-state index in [9.17, 15) is 0 Å². The average Bonchev–Trinajstić information content (AvgIpc) is 2.62. The summed E-state index contributed by atoms with van der Waals surface area (Å²) in [6.45, 7) is 5.82. The van der Waals surface area contributed by atoms with Crippen LogP contribution in [0.1, 0.15) is 32.1 Å². The van der Waals surface area contributed by atoms with Crippen LogP contribution < -0.4 is 10.6 Å². The third-order valence-corrected chi connectivity index (χ3v) is 4.77. The van der Waals surface area contributed by atoms with Gasteiger partial charge in [0.2, 0.25) is 0 Å². The lowest BCUT2D eigenvalue weighted by atomic mass is 9.95. The Bertz CT molecular complexity index is 438. The molecule has 2 aliphatic rings. The summed E-state index contributed by atoms with van der Waals surface area (Å²) in [5, 5.41) is 14.9. The van der Waals surface area contributed by atoms with Gasteiger partial charge in [-0.1, -0.05) is 19.3 Å². The monoisotopic (exact) mass is 319 g/mol. The van der Waals surface area contributed by atoms with Crippen molar-refractivity contribution >= 4 is 5.82 Å². The van der Waals surface area contributed by atoms with Crippen LogP contribution in [-0.2, 0) is 4.74 Å². The molecule has 3 rings (SSSR count). The summed E-state index contributed by atoms with van der Waals surface area (Å²) in [5.41, 5.74) is 0. The second-order valence-electron chi connectivity index (χ2n) is 6.57. The van der Waals surface area contributed by atoms with Gasteiger partial charge in [0.05, 0.1) is 12.7 Å². The van der Waals surface area contributed by atoms with Gasteiger partial charge in [0, 0.05) is 45.0 Å². The number of anilines is 1. The Balaban J connectivity index is 1.33. The van der Waals surface area contributed by atoms with Crippen LogP contribution in [-0.4, -0.2) is 66.6 Å². The van der Waals surface area contributed by atoms with Gasteiger partial charge in [0.1, 0.15) is 5.82 Å². The molecule has 1 saturated carbocycles. The molecule has 2 N–H and O–H groups in total. The van der Waals surface area contributed by atoms with Crippen LogP contribution in [0.5, 0.6) is 0 Å². The van der Waals surface area contributed by atoms with Crippen molar-refractivity contribution in [2.24, 2.45) is 0 Å². The lowest BCUT2D eigenvalue weighted by molar-refractivity contribution is -0.0208. The first-order chi connectivity index (χ1) is 11.4. The minimum absolute atomic E-state index is 0.223. The number of nitrogens with zero attached hydrogens (tertiary/aromatic N) is 3. The molecule has 0 radical (unpaired) electrons. The molecule has 0 bridgehead atoms. The van der Waals surface area contributed by atoms with Crippen molar-refractivity contribution in [3.63, 3.8) is 0 Å². The van der Waals surface area contributed by atoms with Gasteiger partial charge in [0.15, 0.2) is 0 Å². The van der Waals surface area contributed by atoms with E-state index in [0.29, 0.717) is 0 Å². The van der Waals surface area contributed by atoms with E-state index in [4.69, 9.17) is 4.74 Å². The molecule has 0 unspecified atom stereocenters. The van der Waals surface area contributed by atoms with Crippen molar-refractivity contribution in [3.05, 3.63) is 18.3 Å². The standard InChI is InChI=1S/C17H29N5O/c1-2-5-15(6-3-1)18-9-10-22-11-12-23-16(14-22)13-19-17-7-4-8-20-21-17/h4,7-8,15-16,18H,1-3,5-6,9-14H2,(H,19,21)/t16-/m0/s1. The fourth-order valence-electron chi connectivity index (χ4n) is 3.45. The van der Waals surface area contributed by atoms with E-state index in [1.807, 2.05) is 12.1 Å². The number of hydrogen-bond acceptors (Lipinski definition) is 6. The molecule has 6 heteroatoms. The van der Waals surface area contributed by atoms with Crippen molar-refractivity contribution < 1.29 is 4.74 Å². The molecule has 1 aromatic rings. The smallest absolute Gasteiger partial charge is 0.148 e. The van der Waals surface area contributed by atoms with Gasteiger partial charge in [-0.15, -0.1) is 5.10 Å². The Labute approximate surface area is 139 Å². The predicted molar refractivity (Wildman–Crippen MR) is 91.6 cm³/mol. The maximum absolute atomic E-state index is 5.85. The van der Waals surface area contributed by atoms with E-state index in [1.165, 1.54) is 32.1 Å². The molecule has 6 nitrogen and oxygen atoms in total. The highest BCUT2D eigenvalue weighted by Gasteiger charge is 2.20. The zero-order valence-corrected chi connectivity index (χ0v) is 13.9. The SMILES string of the molecule is c1cnnc(NC[C@H]2CN(CCNC3CCCCC3)CCO2)c1. The molecular weight excluding hydrogens is 290 g/mol. The van der Waals surface area contributed by atoms with Crippen LogP contribution in [0.3, 0.4) is 0 Å². The van der Waals surface area contributed by atoms with Crippen molar-refractivity contribution in [2.45, 2.75) is 44.2 Å². The number of ether oxygens (including phenoxy) is 1. The van der Waals surface area contributed by atoms with Gasteiger partial charge in [-0.3, -0.25) is 4.90 Å². The summed E-state index contributed by atoms with van der Waals surface area (Å²) in [6, 6.07) is 4.57. The quantitative estimate of drug-likeness (QED) is 0.794. The number of aromatic nitrogens is 2. The van der Waals surface area contributed by atoms with Gasteiger partial charge in [-0.05, 0) is 25.0 Å². The molecule has 1 aromatic heterocycles. The number of nitrogens with one attached hydrogen (secondary N) is 2. The van der Waals surface area contributed by atoms with Crippen LogP contribution in [0.15, 0.2) is 18.3 Å². The molecule has 0 aromatic carbocycles. The maximum Gasteiger partial charge on any atom is 0.148 e. The Morgan fingerprint density at radius 1 is 1.26 bits per heavy atom. The molecular formula is C17H29N5O. The van der Waals surface area contributed by atoms with E-state index in [2.05, 4.69) is 25.7 Å². The zero-order valence-electron chi connectivity index (χ0n) is 13.9. The maximum atomic E-state index is 5.85. The molecule has 0 amide bonds. The first kappa shape index (κ1) is 16.6. The molecule has 0 spiro atoms. The van der Waals surface area contributed by atoms with Crippen LogP contribution >= 0.6 is 0 Å². The van der Waals surface area contributed by atoms with Crippen molar-refractivity contribution in [2.75, 3.05) is 44.6 Å². The molecule has 1 aliphatic carbocycles. The van der Waals surface area contributed by atoms with E-state index in [0.717, 1.165) is 51.2 Å².